The highest BCUT2D eigenvalue weighted by Gasteiger charge is 2.18. The normalized spacial score (nSPS) is 14.0. The van der Waals surface area contributed by atoms with Crippen LogP contribution >= 0.6 is 11.3 Å². The maximum absolute atomic E-state index is 12.4. The van der Waals surface area contributed by atoms with Crippen molar-refractivity contribution >= 4 is 28.3 Å². The van der Waals surface area contributed by atoms with E-state index in [1.807, 2.05) is 0 Å². The minimum atomic E-state index is -0.299. The molecule has 1 aromatic carbocycles. The quantitative estimate of drug-likeness (QED) is 0.760. The summed E-state index contributed by atoms with van der Waals surface area (Å²) < 4.78 is 10.4. The van der Waals surface area contributed by atoms with Gasteiger partial charge in [0, 0.05) is 17.0 Å². The second-order valence-electron chi connectivity index (χ2n) is 6.39. The van der Waals surface area contributed by atoms with Crippen LogP contribution in [0.5, 0.6) is 11.5 Å². The third-order valence-electron chi connectivity index (χ3n) is 4.48. The molecule has 0 bridgehead atoms. The molecule has 8 heteroatoms. The Morgan fingerprint density at radius 3 is 2.63 bits per heavy atom. The molecule has 144 valence electrons. The van der Waals surface area contributed by atoms with Gasteiger partial charge in [0.15, 0.2) is 16.6 Å². The van der Waals surface area contributed by atoms with E-state index in [-0.39, 0.29) is 18.2 Å². The predicted octanol–water partition coefficient (Wildman–Crippen LogP) is 3.01. The highest BCUT2D eigenvalue weighted by molar-refractivity contribution is 7.14. The molecule has 1 saturated carbocycles. The molecule has 2 N–H and O–H groups in total. The summed E-state index contributed by atoms with van der Waals surface area (Å²) >= 11 is 1.30. The van der Waals surface area contributed by atoms with Gasteiger partial charge in [0.1, 0.15) is 0 Å². The number of rotatable bonds is 7. The molecular weight excluding hydrogens is 366 g/mol. The fourth-order valence-electron chi connectivity index (χ4n) is 3.11. The predicted molar refractivity (Wildman–Crippen MR) is 104 cm³/mol. The summed E-state index contributed by atoms with van der Waals surface area (Å²) in [5, 5.41) is 8.04. The molecule has 1 fully saturated rings. The van der Waals surface area contributed by atoms with Gasteiger partial charge in [-0.2, -0.15) is 0 Å². The lowest BCUT2D eigenvalue weighted by atomic mass is 10.2. The number of anilines is 1. The van der Waals surface area contributed by atoms with E-state index >= 15 is 0 Å². The molecule has 0 radical (unpaired) electrons. The van der Waals surface area contributed by atoms with Gasteiger partial charge in [-0.05, 0) is 31.0 Å². The maximum Gasteiger partial charge on any atom is 0.257 e. The van der Waals surface area contributed by atoms with E-state index in [9.17, 15) is 9.59 Å². The number of thiazole rings is 1. The standard InChI is InChI=1S/C19H23N3O4S/c1-25-15-8-7-12(9-16(15)26-2)18(24)22-19-21-14(11-27-19)10-17(23)20-13-5-3-4-6-13/h7-9,11,13H,3-6,10H2,1-2H3,(H,20,23)(H,21,22,24). The van der Waals surface area contributed by atoms with Gasteiger partial charge in [-0.3, -0.25) is 14.9 Å². The van der Waals surface area contributed by atoms with Crippen LogP contribution in [0.15, 0.2) is 23.6 Å². The second kappa shape index (κ2) is 8.85. The summed E-state index contributed by atoms with van der Waals surface area (Å²) in [6.07, 6.45) is 4.67. The molecule has 27 heavy (non-hydrogen) atoms. The van der Waals surface area contributed by atoms with E-state index in [1.165, 1.54) is 38.4 Å². The van der Waals surface area contributed by atoms with Gasteiger partial charge in [-0.25, -0.2) is 4.98 Å². The first-order chi connectivity index (χ1) is 13.1. The Kier molecular flexibility index (Phi) is 6.28. The summed E-state index contributed by atoms with van der Waals surface area (Å²) in [4.78, 5) is 28.9. The number of aromatic nitrogens is 1. The molecule has 2 aromatic rings. The molecule has 1 aliphatic rings. The zero-order valence-corrected chi connectivity index (χ0v) is 16.2. The first-order valence-corrected chi connectivity index (χ1v) is 9.74. The smallest absolute Gasteiger partial charge is 0.257 e. The number of benzene rings is 1. The fourth-order valence-corrected chi connectivity index (χ4v) is 3.81. The fraction of sp³-hybridized carbons (Fsp3) is 0.421. The van der Waals surface area contributed by atoms with Gasteiger partial charge in [0.2, 0.25) is 5.91 Å². The largest absolute Gasteiger partial charge is 0.493 e. The highest BCUT2D eigenvalue weighted by atomic mass is 32.1. The van der Waals surface area contributed by atoms with Crippen LogP contribution in [0.3, 0.4) is 0 Å². The molecule has 0 aliphatic heterocycles. The molecule has 0 atom stereocenters. The van der Waals surface area contributed by atoms with Crippen molar-refractivity contribution in [3.63, 3.8) is 0 Å². The van der Waals surface area contributed by atoms with Crippen LogP contribution in [0, 0.1) is 0 Å². The number of carbonyl (C=O) groups excluding carboxylic acids is 2. The molecule has 1 aliphatic carbocycles. The van der Waals surface area contributed by atoms with Crippen molar-refractivity contribution < 1.29 is 19.1 Å². The Balaban J connectivity index is 1.58. The number of hydrogen-bond acceptors (Lipinski definition) is 6. The van der Waals surface area contributed by atoms with Crippen LogP contribution in [-0.4, -0.2) is 37.1 Å². The monoisotopic (exact) mass is 389 g/mol. The van der Waals surface area contributed by atoms with E-state index in [2.05, 4.69) is 15.6 Å². The third-order valence-corrected chi connectivity index (χ3v) is 5.29. The van der Waals surface area contributed by atoms with Gasteiger partial charge in [-0.1, -0.05) is 12.8 Å². The lowest BCUT2D eigenvalue weighted by Gasteiger charge is -2.10. The molecule has 0 saturated heterocycles. The minimum absolute atomic E-state index is 0.0232. The van der Waals surface area contributed by atoms with Crippen LogP contribution in [0.1, 0.15) is 41.7 Å². The number of nitrogens with one attached hydrogen (secondary N) is 2. The summed E-state index contributed by atoms with van der Waals surface area (Å²) in [6.45, 7) is 0. The number of nitrogens with zero attached hydrogens (tertiary/aromatic N) is 1. The molecular formula is C19H23N3O4S. The summed E-state index contributed by atoms with van der Waals surface area (Å²) in [5.74, 6) is 0.713. The SMILES string of the molecule is COc1ccc(C(=O)Nc2nc(CC(=O)NC3CCCC3)cs2)cc1OC. The maximum atomic E-state index is 12.4. The van der Waals surface area contributed by atoms with Gasteiger partial charge >= 0.3 is 0 Å². The Hall–Kier alpha value is -2.61. The van der Waals surface area contributed by atoms with Crippen LogP contribution in [0.4, 0.5) is 5.13 Å². The average Bonchev–Trinajstić information content (AvgIpc) is 3.33. The van der Waals surface area contributed by atoms with Crippen molar-refractivity contribution in [1.82, 2.24) is 10.3 Å². The zero-order valence-electron chi connectivity index (χ0n) is 15.4. The topological polar surface area (TPSA) is 89.5 Å². The van der Waals surface area contributed by atoms with Gasteiger partial charge in [-0.15, -0.1) is 11.3 Å². The number of methoxy groups -OCH3 is 2. The Morgan fingerprint density at radius 2 is 1.93 bits per heavy atom. The molecule has 1 heterocycles. The van der Waals surface area contributed by atoms with Gasteiger partial charge in [0.05, 0.1) is 26.3 Å². The summed E-state index contributed by atoms with van der Waals surface area (Å²) in [5.41, 5.74) is 1.08. The lowest BCUT2D eigenvalue weighted by Crippen LogP contribution is -2.33. The van der Waals surface area contributed by atoms with Crippen molar-refractivity contribution in [3.8, 4) is 11.5 Å². The second-order valence-corrected chi connectivity index (χ2v) is 7.25. The molecule has 3 rings (SSSR count). The Morgan fingerprint density at radius 1 is 1.19 bits per heavy atom. The summed E-state index contributed by atoms with van der Waals surface area (Å²) in [6, 6.07) is 5.23. The highest BCUT2D eigenvalue weighted by Crippen LogP contribution is 2.28. The van der Waals surface area contributed by atoms with Gasteiger partial charge in [0.25, 0.3) is 5.91 Å². The van der Waals surface area contributed by atoms with E-state index in [0.717, 1.165) is 12.8 Å². The van der Waals surface area contributed by atoms with Crippen LogP contribution in [0.25, 0.3) is 0 Å². The summed E-state index contributed by atoms with van der Waals surface area (Å²) in [7, 11) is 3.06. The first kappa shape index (κ1) is 19.2. The van der Waals surface area contributed by atoms with Crippen molar-refractivity contribution in [2.45, 2.75) is 38.1 Å². The molecule has 0 spiro atoms. The molecule has 7 nitrogen and oxygen atoms in total. The zero-order chi connectivity index (χ0) is 19.2. The van der Waals surface area contributed by atoms with Crippen LogP contribution in [0.2, 0.25) is 0 Å². The Labute approximate surface area is 162 Å². The van der Waals surface area contributed by atoms with Gasteiger partial charge < -0.3 is 14.8 Å². The molecule has 0 unspecified atom stereocenters. The van der Waals surface area contributed by atoms with Crippen LogP contribution < -0.4 is 20.1 Å². The van der Waals surface area contributed by atoms with Crippen molar-refractivity contribution in [3.05, 3.63) is 34.8 Å². The molecule has 1 aromatic heterocycles. The molecule has 2 amide bonds. The number of amides is 2. The van der Waals surface area contributed by atoms with E-state index in [0.29, 0.717) is 33.9 Å². The first-order valence-electron chi connectivity index (χ1n) is 8.86. The number of hydrogen-bond donors (Lipinski definition) is 2. The third kappa shape index (κ3) is 4.97. The van der Waals surface area contributed by atoms with Crippen molar-refractivity contribution in [1.29, 1.82) is 0 Å². The average molecular weight is 389 g/mol. The van der Waals surface area contributed by atoms with Crippen LogP contribution in [-0.2, 0) is 11.2 Å². The lowest BCUT2D eigenvalue weighted by molar-refractivity contribution is -0.121. The van der Waals surface area contributed by atoms with E-state index in [1.54, 1.807) is 23.6 Å². The van der Waals surface area contributed by atoms with E-state index < -0.39 is 0 Å². The minimum Gasteiger partial charge on any atom is -0.493 e. The van der Waals surface area contributed by atoms with Crippen molar-refractivity contribution in [2.75, 3.05) is 19.5 Å². The Bertz CT molecular complexity index is 815. The number of carbonyl (C=O) groups is 2. The van der Waals surface area contributed by atoms with E-state index in [4.69, 9.17) is 9.47 Å². The number of ether oxygens (including phenoxy) is 2. The van der Waals surface area contributed by atoms with Crippen molar-refractivity contribution in [2.24, 2.45) is 0 Å².